The van der Waals surface area contributed by atoms with Crippen molar-refractivity contribution in [2.45, 2.75) is 20.4 Å². The van der Waals surface area contributed by atoms with Gasteiger partial charge in [0, 0.05) is 44.9 Å². The molecule has 1 N–H and O–H groups in total. The SMILES string of the molecule is Cc1nc(C(=O)Nc2cc(C)on2)cc(N2CCN(Cc3ccccc3)CC2)n1. The summed E-state index contributed by atoms with van der Waals surface area (Å²) in [6.07, 6.45) is 0. The number of nitrogens with one attached hydrogen (secondary N) is 1. The van der Waals surface area contributed by atoms with Gasteiger partial charge in [-0.1, -0.05) is 35.5 Å². The molecule has 8 nitrogen and oxygen atoms in total. The Kier molecular flexibility index (Phi) is 5.53. The topological polar surface area (TPSA) is 87.4 Å². The Morgan fingerprint density at radius 2 is 1.83 bits per heavy atom. The summed E-state index contributed by atoms with van der Waals surface area (Å²) in [4.78, 5) is 26.0. The second-order valence-electron chi connectivity index (χ2n) is 7.18. The van der Waals surface area contributed by atoms with E-state index < -0.39 is 0 Å². The van der Waals surface area contributed by atoms with Gasteiger partial charge in [-0.05, 0) is 19.4 Å². The third-order valence-corrected chi connectivity index (χ3v) is 4.87. The molecule has 1 fully saturated rings. The molecule has 0 unspecified atom stereocenters. The Morgan fingerprint density at radius 3 is 2.52 bits per heavy atom. The Labute approximate surface area is 169 Å². The molecule has 29 heavy (non-hydrogen) atoms. The lowest BCUT2D eigenvalue weighted by molar-refractivity contribution is 0.102. The van der Waals surface area contributed by atoms with Crippen LogP contribution in [-0.4, -0.2) is 52.1 Å². The number of aromatic nitrogens is 3. The van der Waals surface area contributed by atoms with E-state index in [4.69, 9.17) is 4.52 Å². The predicted molar refractivity (Wildman–Crippen MR) is 110 cm³/mol. The molecule has 8 heteroatoms. The lowest BCUT2D eigenvalue weighted by Gasteiger charge is -2.35. The first-order chi connectivity index (χ1) is 14.1. The van der Waals surface area contributed by atoms with Crippen molar-refractivity contribution < 1.29 is 9.32 Å². The second kappa shape index (κ2) is 8.40. The van der Waals surface area contributed by atoms with Gasteiger partial charge in [0.2, 0.25) is 0 Å². The number of anilines is 2. The molecule has 1 aromatic carbocycles. The van der Waals surface area contributed by atoms with Crippen LogP contribution >= 0.6 is 0 Å². The van der Waals surface area contributed by atoms with Gasteiger partial charge in [-0.15, -0.1) is 0 Å². The minimum absolute atomic E-state index is 0.319. The maximum Gasteiger partial charge on any atom is 0.275 e. The van der Waals surface area contributed by atoms with Crippen LogP contribution in [0.4, 0.5) is 11.6 Å². The fourth-order valence-electron chi connectivity index (χ4n) is 3.41. The Balaban J connectivity index is 1.40. The number of amides is 1. The number of aryl methyl sites for hydroxylation is 2. The Bertz CT molecular complexity index is 980. The highest BCUT2D eigenvalue weighted by molar-refractivity contribution is 6.02. The number of hydrogen-bond acceptors (Lipinski definition) is 7. The molecule has 0 bridgehead atoms. The van der Waals surface area contributed by atoms with Crippen molar-refractivity contribution in [1.29, 1.82) is 0 Å². The van der Waals surface area contributed by atoms with Crippen LogP contribution < -0.4 is 10.2 Å². The fourth-order valence-corrected chi connectivity index (χ4v) is 3.41. The summed E-state index contributed by atoms with van der Waals surface area (Å²) in [7, 11) is 0. The Hall–Kier alpha value is -3.26. The fraction of sp³-hybridized carbons (Fsp3) is 0.333. The summed E-state index contributed by atoms with van der Waals surface area (Å²) in [6.45, 7) is 8.11. The molecule has 0 spiro atoms. The minimum Gasteiger partial charge on any atom is -0.360 e. The third kappa shape index (κ3) is 4.78. The average molecular weight is 392 g/mol. The zero-order valence-electron chi connectivity index (χ0n) is 16.6. The van der Waals surface area contributed by atoms with E-state index in [0.717, 1.165) is 38.5 Å². The van der Waals surface area contributed by atoms with Gasteiger partial charge in [0.1, 0.15) is 23.1 Å². The molecule has 0 saturated carbocycles. The summed E-state index contributed by atoms with van der Waals surface area (Å²) in [5.41, 5.74) is 1.64. The number of benzene rings is 1. The van der Waals surface area contributed by atoms with Crippen LogP contribution in [0.2, 0.25) is 0 Å². The highest BCUT2D eigenvalue weighted by Crippen LogP contribution is 2.18. The van der Waals surface area contributed by atoms with Crippen LogP contribution in [-0.2, 0) is 6.54 Å². The average Bonchev–Trinajstić information content (AvgIpc) is 3.13. The van der Waals surface area contributed by atoms with Crippen molar-refractivity contribution in [1.82, 2.24) is 20.0 Å². The Morgan fingerprint density at radius 1 is 1.07 bits per heavy atom. The van der Waals surface area contributed by atoms with Crippen LogP contribution in [0.15, 0.2) is 47.0 Å². The van der Waals surface area contributed by atoms with E-state index in [1.807, 2.05) is 6.07 Å². The van der Waals surface area contributed by atoms with Gasteiger partial charge in [0.25, 0.3) is 5.91 Å². The van der Waals surface area contributed by atoms with Gasteiger partial charge in [-0.25, -0.2) is 9.97 Å². The first-order valence-corrected chi connectivity index (χ1v) is 9.68. The molecule has 0 atom stereocenters. The van der Waals surface area contributed by atoms with Crippen molar-refractivity contribution in [2.24, 2.45) is 0 Å². The summed E-state index contributed by atoms with van der Waals surface area (Å²) < 4.78 is 4.99. The number of carbonyl (C=O) groups excluding carboxylic acids is 1. The van der Waals surface area contributed by atoms with Crippen LogP contribution in [0.25, 0.3) is 0 Å². The molecule has 3 aromatic rings. The zero-order valence-corrected chi connectivity index (χ0v) is 16.6. The molecule has 4 rings (SSSR count). The van der Waals surface area contributed by atoms with Crippen LogP contribution in [0.1, 0.15) is 27.6 Å². The van der Waals surface area contributed by atoms with E-state index in [-0.39, 0.29) is 5.91 Å². The summed E-state index contributed by atoms with van der Waals surface area (Å²) >= 11 is 0. The molecule has 1 aliphatic rings. The van der Waals surface area contributed by atoms with E-state index >= 15 is 0 Å². The monoisotopic (exact) mass is 392 g/mol. The van der Waals surface area contributed by atoms with Gasteiger partial charge in [-0.3, -0.25) is 9.69 Å². The quantitative estimate of drug-likeness (QED) is 0.714. The number of piperazine rings is 1. The number of hydrogen-bond donors (Lipinski definition) is 1. The molecule has 0 radical (unpaired) electrons. The first-order valence-electron chi connectivity index (χ1n) is 9.68. The van der Waals surface area contributed by atoms with E-state index in [1.165, 1.54) is 5.56 Å². The van der Waals surface area contributed by atoms with Crippen LogP contribution in [0, 0.1) is 13.8 Å². The number of rotatable bonds is 5. The predicted octanol–water partition coefficient (Wildman–Crippen LogP) is 2.66. The summed E-state index contributed by atoms with van der Waals surface area (Å²) in [6, 6.07) is 13.9. The van der Waals surface area contributed by atoms with Gasteiger partial charge in [-0.2, -0.15) is 0 Å². The van der Waals surface area contributed by atoms with Crippen molar-refractivity contribution in [3.8, 4) is 0 Å². The summed E-state index contributed by atoms with van der Waals surface area (Å²) in [5.74, 6) is 2.02. The van der Waals surface area contributed by atoms with Crippen LogP contribution in [0.5, 0.6) is 0 Å². The summed E-state index contributed by atoms with van der Waals surface area (Å²) in [5, 5.41) is 6.50. The molecule has 0 aliphatic carbocycles. The lowest BCUT2D eigenvalue weighted by atomic mass is 10.2. The van der Waals surface area contributed by atoms with E-state index in [0.29, 0.717) is 23.1 Å². The maximum atomic E-state index is 12.6. The zero-order chi connectivity index (χ0) is 20.2. The normalized spacial score (nSPS) is 14.8. The molecule has 1 amide bonds. The molecular weight excluding hydrogens is 368 g/mol. The molecule has 1 aliphatic heterocycles. The van der Waals surface area contributed by atoms with Crippen LogP contribution in [0.3, 0.4) is 0 Å². The van der Waals surface area contributed by atoms with E-state index in [2.05, 4.69) is 54.5 Å². The number of carbonyl (C=O) groups is 1. The van der Waals surface area contributed by atoms with Gasteiger partial charge in [0.05, 0.1) is 0 Å². The van der Waals surface area contributed by atoms with Gasteiger partial charge >= 0.3 is 0 Å². The lowest BCUT2D eigenvalue weighted by Crippen LogP contribution is -2.46. The minimum atomic E-state index is -0.326. The highest BCUT2D eigenvalue weighted by atomic mass is 16.5. The van der Waals surface area contributed by atoms with E-state index in [9.17, 15) is 4.79 Å². The second-order valence-corrected chi connectivity index (χ2v) is 7.18. The third-order valence-electron chi connectivity index (χ3n) is 4.87. The maximum absolute atomic E-state index is 12.6. The molecule has 1 saturated heterocycles. The smallest absolute Gasteiger partial charge is 0.275 e. The standard InChI is InChI=1S/C21H24N6O2/c1-15-12-19(25-29-15)24-21(28)18-13-20(23-16(2)22-18)27-10-8-26(9-11-27)14-17-6-4-3-5-7-17/h3-7,12-13H,8-11,14H2,1-2H3,(H,24,25,28). The molecule has 2 aromatic heterocycles. The largest absolute Gasteiger partial charge is 0.360 e. The highest BCUT2D eigenvalue weighted by Gasteiger charge is 2.20. The molecule has 150 valence electrons. The van der Waals surface area contributed by atoms with Crippen molar-refractivity contribution >= 4 is 17.5 Å². The van der Waals surface area contributed by atoms with Crippen molar-refractivity contribution in [3.63, 3.8) is 0 Å². The van der Waals surface area contributed by atoms with Crippen molar-refractivity contribution in [3.05, 3.63) is 65.3 Å². The first kappa shape index (κ1) is 19.1. The number of nitrogens with zero attached hydrogens (tertiary/aromatic N) is 5. The van der Waals surface area contributed by atoms with Gasteiger partial charge in [0.15, 0.2) is 5.82 Å². The van der Waals surface area contributed by atoms with Crippen molar-refractivity contribution in [2.75, 3.05) is 36.4 Å². The van der Waals surface area contributed by atoms with E-state index in [1.54, 1.807) is 26.0 Å². The molecular formula is C21H24N6O2. The molecule has 3 heterocycles. The van der Waals surface area contributed by atoms with Gasteiger partial charge < -0.3 is 14.7 Å².